The van der Waals surface area contributed by atoms with Crippen LogP contribution in [0.3, 0.4) is 0 Å². The zero-order valence-electron chi connectivity index (χ0n) is 14.1. The lowest BCUT2D eigenvalue weighted by Gasteiger charge is -2.29. The number of hydrogen-bond donors (Lipinski definition) is 1. The maximum atomic E-state index is 12.4. The van der Waals surface area contributed by atoms with E-state index in [-0.39, 0.29) is 30.9 Å². The van der Waals surface area contributed by atoms with E-state index in [0.29, 0.717) is 29.6 Å². The summed E-state index contributed by atoms with van der Waals surface area (Å²) >= 11 is 0. The number of rotatable bonds is 4. The van der Waals surface area contributed by atoms with Gasteiger partial charge in [0.05, 0.1) is 11.4 Å². The average Bonchev–Trinajstić information content (AvgIpc) is 3.21. The van der Waals surface area contributed by atoms with E-state index in [4.69, 9.17) is 4.74 Å². The minimum Gasteiger partial charge on any atom is -0.456 e. The van der Waals surface area contributed by atoms with Gasteiger partial charge in [-0.3, -0.25) is 19.3 Å². The molecule has 0 spiro atoms. The van der Waals surface area contributed by atoms with Gasteiger partial charge in [-0.25, -0.2) is 0 Å². The Morgan fingerprint density at radius 2 is 2.04 bits per heavy atom. The number of carbonyl (C=O) groups is 3. The van der Waals surface area contributed by atoms with Gasteiger partial charge >= 0.3 is 5.97 Å². The third-order valence-corrected chi connectivity index (χ3v) is 5.74. The zero-order chi connectivity index (χ0) is 17.4. The number of carbonyl (C=O) groups excluding carboxylic acids is 3. The number of esters is 1. The summed E-state index contributed by atoms with van der Waals surface area (Å²) < 4.78 is 5.22. The van der Waals surface area contributed by atoms with E-state index in [9.17, 15) is 14.4 Å². The number of anilines is 2. The third-order valence-electron chi connectivity index (χ3n) is 5.74. The first-order chi connectivity index (χ1) is 12.1. The second kappa shape index (κ2) is 6.50. The molecule has 0 unspecified atom stereocenters. The summed E-state index contributed by atoms with van der Waals surface area (Å²) in [6.07, 6.45) is 5.29. The molecule has 0 saturated heterocycles. The molecular weight excluding hydrogens is 320 g/mol. The molecule has 2 amide bonds. The van der Waals surface area contributed by atoms with Crippen LogP contribution in [0, 0.1) is 17.8 Å². The molecule has 1 N–H and O–H groups in total. The summed E-state index contributed by atoms with van der Waals surface area (Å²) in [6, 6.07) is 7.11. The van der Waals surface area contributed by atoms with Crippen LogP contribution in [0.5, 0.6) is 0 Å². The van der Waals surface area contributed by atoms with E-state index in [2.05, 4.69) is 5.32 Å². The molecule has 0 radical (unpaired) electrons. The molecule has 1 heterocycles. The highest BCUT2D eigenvalue weighted by Gasteiger charge is 2.40. The molecular formula is C19H22N2O4. The van der Waals surface area contributed by atoms with Crippen molar-refractivity contribution in [3.63, 3.8) is 0 Å². The second-order valence-corrected chi connectivity index (χ2v) is 7.34. The number of para-hydroxylation sites is 2. The van der Waals surface area contributed by atoms with Gasteiger partial charge in [0.25, 0.3) is 5.91 Å². The van der Waals surface area contributed by atoms with Gasteiger partial charge in [-0.05, 0) is 49.1 Å². The molecule has 6 nitrogen and oxygen atoms in total. The lowest BCUT2D eigenvalue weighted by atomic mass is 9.86. The normalized spacial score (nSPS) is 27.0. The molecule has 6 heteroatoms. The lowest BCUT2D eigenvalue weighted by molar-refractivity contribution is -0.149. The highest BCUT2D eigenvalue weighted by Crippen LogP contribution is 2.49. The molecule has 3 atom stereocenters. The van der Waals surface area contributed by atoms with Crippen LogP contribution in [0.1, 0.15) is 32.1 Å². The molecule has 4 rings (SSSR count). The molecule has 1 aromatic rings. The predicted molar refractivity (Wildman–Crippen MR) is 91.9 cm³/mol. The molecule has 2 saturated carbocycles. The summed E-state index contributed by atoms with van der Waals surface area (Å²) in [7, 11) is 0. The van der Waals surface area contributed by atoms with Crippen molar-refractivity contribution in [3.05, 3.63) is 24.3 Å². The van der Waals surface area contributed by atoms with E-state index in [1.54, 1.807) is 24.3 Å². The van der Waals surface area contributed by atoms with Crippen LogP contribution < -0.4 is 10.2 Å². The van der Waals surface area contributed by atoms with Gasteiger partial charge in [-0.2, -0.15) is 0 Å². The Morgan fingerprint density at radius 1 is 1.20 bits per heavy atom. The Kier molecular flexibility index (Phi) is 4.19. The summed E-state index contributed by atoms with van der Waals surface area (Å²) in [5, 5.41) is 2.73. The first kappa shape index (κ1) is 16.1. The van der Waals surface area contributed by atoms with Crippen LogP contribution in [0.25, 0.3) is 0 Å². The highest BCUT2D eigenvalue weighted by molar-refractivity contribution is 6.10. The van der Waals surface area contributed by atoms with Gasteiger partial charge < -0.3 is 10.1 Å². The summed E-state index contributed by atoms with van der Waals surface area (Å²) in [5.74, 6) is 0.936. The monoisotopic (exact) mass is 342 g/mol. The third kappa shape index (κ3) is 3.25. The van der Waals surface area contributed by atoms with E-state index in [1.165, 1.54) is 24.2 Å². The Morgan fingerprint density at radius 3 is 2.80 bits per heavy atom. The van der Waals surface area contributed by atoms with Crippen molar-refractivity contribution in [2.45, 2.75) is 32.1 Å². The second-order valence-electron chi connectivity index (χ2n) is 7.34. The lowest BCUT2D eigenvalue weighted by Crippen LogP contribution is -2.44. The SMILES string of the molecule is O=C1CN(C(=O)COC(=O)C[C@H]2C[C@@H]3CC[C@H]2C3)c2ccccc2N1. The fourth-order valence-corrected chi connectivity index (χ4v) is 4.58. The van der Waals surface area contributed by atoms with Crippen molar-refractivity contribution in [3.8, 4) is 0 Å². The van der Waals surface area contributed by atoms with Crippen LogP contribution >= 0.6 is 0 Å². The van der Waals surface area contributed by atoms with Gasteiger partial charge in [-0.15, -0.1) is 0 Å². The first-order valence-corrected chi connectivity index (χ1v) is 8.95. The maximum Gasteiger partial charge on any atom is 0.306 e. The summed E-state index contributed by atoms with van der Waals surface area (Å²) in [6.45, 7) is -0.374. The number of nitrogens with zero attached hydrogens (tertiary/aromatic N) is 1. The van der Waals surface area contributed by atoms with Crippen LogP contribution in [-0.4, -0.2) is 30.9 Å². The average molecular weight is 342 g/mol. The number of fused-ring (bicyclic) bond motifs is 3. The van der Waals surface area contributed by atoms with Crippen molar-refractivity contribution in [2.75, 3.05) is 23.4 Å². The maximum absolute atomic E-state index is 12.4. The smallest absolute Gasteiger partial charge is 0.306 e. The Balaban J connectivity index is 1.33. The number of nitrogens with one attached hydrogen (secondary N) is 1. The number of amides is 2. The van der Waals surface area contributed by atoms with Crippen molar-refractivity contribution >= 4 is 29.2 Å². The van der Waals surface area contributed by atoms with Gasteiger partial charge in [-0.1, -0.05) is 18.6 Å². The van der Waals surface area contributed by atoms with Crippen LogP contribution in [0.4, 0.5) is 11.4 Å². The minimum absolute atomic E-state index is 0.0558. The van der Waals surface area contributed by atoms with E-state index >= 15 is 0 Å². The number of hydrogen-bond acceptors (Lipinski definition) is 4. The highest BCUT2D eigenvalue weighted by atomic mass is 16.5. The predicted octanol–water partition coefficient (Wildman–Crippen LogP) is 2.34. The van der Waals surface area contributed by atoms with Crippen LogP contribution in [-0.2, 0) is 19.1 Å². The van der Waals surface area contributed by atoms with Crippen LogP contribution in [0.2, 0.25) is 0 Å². The number of ether oxygens (including phenoxy) is 1. The van der Waals surface area contributed by atoms with Gasteiger partial charge in [0.15, 0.2) is 6.61 Å². The largest absolute Gasteiger partial charge is 0.456 e. The van der Waals surface area contributed by atoms with Crippen molar-refractivity contribution in [1.82, 2.24) is 0 Å². The van der Waals surface area contributed by atoms with E-state index < -0.39 is 0 Å². The standard InChI is InChI=1S/C19H22N2O4/c22-17-10-21(16-4-2-1-3-15(16)20-17)18(23)11-25-19(24)9-14-8-12-5-6-13(14)7-12/h1-4,12-14H,5-11H2,(H,20,22)/t12-,13+,14-/m1/s1. The van der Waals surface area contributed by atoms with Gasteiger partial charge in [0, 0.05) is 6.42 Å². The Hall–Kier alpha value is -2.37. The first-order valence-electron chi connectivity index (χ1n) is 8.95. The topological polar surface area (TPSA) is 75.7 Å². The quantitative estimate of drug-likeness (QED) is 0.852. The van der Waals surface area contributed by atoms with Gasteiger partial charge in [0.2, 0.25) is 5.91 Å². The van der Waals surface area contributed by atoms with E-state index in [0.717, 1.165) is 12.3 Å². The molecule has 1 aromatic carbocycles. The molecule has 2 fully saturated rings. The van der Waals surface area contributed by atoms with E-state index in [1.807, 2.05) is 0 Å². The summed E-state index contributed by atoms with van der Waals surface area (Å²) in [5.41, 5.74) is 1.23. The van der Waals surface area contributed by atoms with Crippen molar-refractivity contribution in [1.29, 1.82) is 0 Å². The Bertz CT molecular complexity index is 717. The number of benzene rings is 1. The molecule has 3 aliphatic rings. The molecule has 0 aromatic heterocycles. The van der Waals surface area contributed by atoms with Gasteiger partial charge in [0.1, 0.15) is 6.54 Å². The zero-order valence-corrected chi connectivity index (χ0v) is 14.1. The molecule has 25 heavy (non-hydrogen) atoms. The van der Waals surface area contributed by atoms with Crippen molar-refractivity contribution in [2.24, 2.45) is 17.8 Å². The Labute approximate surface area is 146 Å². The fourth-order valence-electron chi connectivity index (χ4n) is 4.58. The van der Waals surface area contributed by atoms with Crippen LogP contribution in [0.15, 0.2) is 24.3 Å². The summed E-state index contributed by atoms with van der Waals surface area (Å²) in [4.78, 5) is 37.7. The molecule has 1 aliphatic heterocycles. The molecule has 2 aliphatic carbocycles. The fraction of sp³-hybridized carbons (Fsp3) is 0.526. The minimum atomic E-state index is -0.372. The van der Waals surface area contributed by atoms with Crippen molar-refractivity contribution < 1.29 is 19.1 Å². The molecule has 132 valence electrons. The molecule has 2 bridgehead atoms.